The molecule has 1 heterocycles. The Kier molecular flexibility index (Phi) is 7.94. The first-order valence-electron chi connectivity index (χ1n) is 10.5. The van der Waals surface area contributed by atoms with E-state index in [1.54, 1.807) is 6.07 Å². The standard InChI is InChI=1S/C24H31NO4/c1-3-28-22-13-12-21(15-23(22)29-4-2)24(26)25-14-8-11-20(16-25)18-27-17-19-9-6-5-7-10-19/h5-7,9-10,12-13,15,20H,3-4,8,11,14,16-18H2,1-2H3. The highest BCUT2D eigenvalue weighted by Crippen LogP contribution is 2.29. The molecule has 2 aromatic carbocycles. The summed E-state index contributed by atoms with van der Waals surface area (Å²) in [6.45, 7) is 7.74. The summed E-state index contributed by atoms with van der Waals surface area (Å²) >= 11 is 0. The predicted molar refractivity (Wildman–Crippen MR) is 114 cm³/mol. The number of rotatable bonds is 9. The Labute approximate surface area is 173 Å². The van der Waals surface area contributed by atoms with Crippen molar-refractivity contribution in [3.05, 3.63) is 59.7 Å². The van der Waals surface area contributed by atoms with Crippen LogP contribution >= 0.6 is 0 Å². The minimum atomic E-state index is 0.0433. The molecule has 1 unspecified atom stereocenters. The average Bonchev–Trinajstić information content (AvgIpc) is 2.76. The monoisotopic (exact) mass is 397 g/mol. The molecule has 1 saturated heterocycles. The second-order valence-electron chi connectivity index (χ2n) is 7.29. The Morgan fingerprint density at radius 3 is 2.55 bits per heavy atom. The van der Waals surface area contributed by atoms with Crippen LogP contribution in [0.15, 0.2) is 48.5 Å². The molecule has 0 N–H and O–H groups in total. The van der Waals surface area contributed by atoms with Crippen molar-refractivity contribution in [2.75, 3.05) is 32.9 Å². The Hall–Kier alpha value is -2.53. The molecule has 2 aromatic rings. The van der Waals surface area contributed by atoms with Crippen LogP contribution in [-0.2, 0) is 11.3 Å². The fourth-order valence-electron chi connectivity index (χ4n) is 3.67. The Bertz CT molecular complexity index is 778. The SMILES string of the molecule is CCOc1ccc(C(=O)N2CCCC(COCc3ccccc3)C2)cc1OCC. The van der Waals surface area contributed by atoms with Crippen LogP contribution in [0.25, 0.3) is 0 Å². The number of hydrogen-bond acceptors (Lipinski definition) is 4. The third-order valence-electron chi connectivity index (χ3n) is 5.06. The normalized spacial score (nSPS) is 16.5. The fraction of sp³-hybridized carbons (Fsp3) is 0.458. The van der Waals surface area contributed by atoms with Gasteiger partial charge in [-0.05, 0) is 56.4 Å². The zero-order valence-electron chi connectivity index (χ0n) is 17.4. The van der Waals surface area contributed by atoms with Gasteiger partial charge in [0.15, 0.2) is 11.5 Å². The summed E-state index contributed by atoms with van der Waals surface area (Å²) in [6.07, 6.45) is 2.09. The summed E-state index contributed by atoms with van der Waals surface area (Å²) < 4.78 is 17.2. The van der Waals surface area contributed by atoms with Crippen molar-refractivity contribution in [3.8, 4) is 11.5 Å². The first-order valence-corrected chi connectivity index (χ1v) is 10.5. The molecular weight excluding hydrogens is 366 g/mol. The second kappa shape index (κ2) is 10.9. The molecule has 0 radical (unpaired) electrons. The number of ether oxygens (including phenoxy) is 3. The van der Waals surface area contributed by atoms with Gasteiger partial charge in [0.25, 0.3) is 5.91 Å². The van der Waals surface area contributed by atoms with Gasteiger partial charge in [0, 0.05) is 18.7 Å². The Morgan fingerprint density at radius 2 is 1.79 bits per heavy atom. The number of carbonyl (C=O) groups excluding carboxylic acids is 1. The van der Waals surface area contributed by atoms with Crippen LogP contribution in [0.3, 0.4) is 0 Å². The molecule has 1 aliphatic rings. The van der Waals surface area contributed by atoms with E-state index >= 15 is 0 Å². The highest BCUT2D eigenvalue weighted by Gasteiger charge is 2.25. The van der Waals surface area contributed by atoms with E-state index in [2.05, 4.69) is 12.1 Å². The van der Waals surface area contributed by atoms with E-state index in [0.29, 0.717) is 49.4 Å². The lowest BCUT2D eigenvalue weighted by Gasteiger charge is -2.33. The van der Waals surface area contributed by atoms with Gasteiger partial charge >= 0.3 is 0 Å². The van der Waals surface area contributed by atoms with Crippen molar-refractivity contribution in [3.63, 3.8) is 0 Å². The number of amides is 1. The summed E-state index contributed by atoms with van der Waals surface area (Å²) in [4.78, 5) is 15.0. The minimum absolute atomic E-state index is 0.0433. The van der Waals surface area contributed by atoms with E-state index in [4.69, 9.17) is 14.2 Å². The van der Waals surface area contributed by atoms with E-state index in [-0.39, 0.29) is 5.91 Å². The number of piperidine rings is 1. The first kappa shape index (κ1) is 21.2. The summed E-state index contributed by atoms with van der Waals surface area (Å²) in [5.74, 6) is 1.71. The Balaban J connectivity index is 1.58. The van der Waals surface area contributed by atoms with Crippen LogP contribution in [0, 0.1) is 5.92 Å². The minimum Gasteiger partial charge on any atom is -0.490 e. The summed E-state index contributed by atoms with van der Waals surface area (Å²) in [5, 5.41) is 0. The maximum atomic E-state index is 13.1. The van der Waals surface area contributed by atoms with Crippen molar-refractivity contribution in [1.82, 2.24) is 4.90 Å². The van der Waals surface area contributed by atoms with Crippen LogP contribution in [0.1, 0.15) is 42.6 Å². The molecule has 156 valence electrons. The van der Waals surface area contributed by atoms with Crippen molar-refractivity contribution >= 4 is 5.91 Å². The van der Waals surface area contributed by atoms with Crippen molar-refractivity contribution in [2.24, 2.45) is 5.92 Å². The molecule has 1 aliphatic heterocycles. The molecule has 0 saturated carbocycles. The van der Waals surface area contributed by atoms with Crippen LogP contribution in [0.5, 0.6) is 11.5 Å². The van der Waals surface area contributed by atoms with Gasteiger partial charge in [-0.1, -0.05) is 30.3 Å². The van der Waals surface area contributed by atoms with Gasteiger partial charge in [0.2, 0.25) is 0 Å². The zero-order valence-corrected chi connectivity index (χ0v) is 17.4. The smallest absolute Gasteiger partial charge is 0.254 e. The lowest BCUT2D eigenvalue weighted by Crippen LogP contribution is -2.41. The molecule has 0 aromatic heterocycles. The molecule has 5 heteroatoms. The molecule has 1 amide bonds. The number of benzene rings is 2. The summed E-state index contributed by atoms with van der Waals surface area (Å²) in [6, 6.07) is 15.6. The molecule has 0 spiro atoms. The molecule has 0 aliphatic carbocycles. The molecule has 1 fully saturated rings. The van der Waals surface area contributed by atoms with Crippen LogP contribution in [0.4, 0.5) is 0 Å². The predicted octanol–water partition coefficient (Wildman–Crippen LogP) is 4.55. The van der Waals surface area contributed by atoms with Crippen molar-refractivity contribution in [1.29, 1.82) is 0 Å². The van der Waals surface area contributed by atoms with Gasteiger partial charge < -0.3 is 19.1 Å². The number of likely N-dealkylation sites (tertiary alicyclic amines) is 1. The third kappa shape index (κ3) is 5.97. The van der Waals surface area contributed by atoms with Crippen LogP contribution in [0.2, 0.25) is 0 Å². The second-order valence-corrected chi connectivity index (χ2v) is 7.29. The Morgan fingerprint density at radius 1 is 1.03 bits per heavy atom. The van der Waals surface area contributed by atoms with Gasteiger partial charge in [0.1, 0.15) is 0 Å². The maximum absolute atomic E-state index is 13.1. The quantitative estimate of drug-likeness (QED) is 0.623. The molecule has 1 atom stereocenters. The number of carbonyl (C=O) groups is 1. The van der Waals surface area contributed by atoms with E-state index < -0.39 is 0 Å². The van der Waals surface area contributed by atoms with E-state index in [9.17, 15) is 4.79 Å². The van der Waals surface area contributed by atoms with Crippen molar-refractivity contribution < 1.29 is 19.0 Å². The topological polar surface area (TPSA) is 48.0 Å². The highest BCUT2D eigenvalue weighted by molar-refractivity contribution is 5.95. The number of hydrogen-bond donors (Lipinski definition) is 0. The average molecular weight is 398 g/mol. The van der Waals surface area contributed by atoms with Gasteiger partial charge in [-0.15, -0.1) is 0 Å². The van der Waals surface area contributed by atoms with Gasteiger partial charge in [-0.3, -0.25) is 4.79 Å². The van der Waals surface area contributed by atoms with Crippen molar-refractivity contribution in [2.45, 2.75) is 33.3 Å². The van der Waals surface area contributed by atoms with Gasteiger partial charge in [-0.2, -0.15) is 0 Å². The lowest BCUT2D eigenvalue weighted by atomic mass is 9.98. The molecule has 3 rings (SSSR count). The fourth-order valence-corrected chi connectivity index (χ4v) is 3.67. The van der Waals surface area contributed by atoms with E-state index in [0.717, 1.165) is 25.9 Å². The summed E-state index contributed by atoms with van der Waals surface area (Å²) in [5.41, 5.74) is 1.82. The largest absolute Gasteiger partial charge is 0.490 e. The van der Waals surface area contributed by atoms with Crippen LogP contribution < -0.4 is 9.47 Å². The highest BCUT2D eigenvalue weighted by atomic mass is 16.5. The maximum Gasteiger partial charge on any atom is 0.254 e. The van der Waals surface area contributed by atoms with Gasteiger partial charge in [0.05, 0.1) is 26.4 Å². The molecule has 29 heavy (non-hydrogen) atoms. The third-order valence-corrected chi connectivity index (χ3v) is 5.06. The van der Waals surface area contributed by atoms with E-state index in [1.165, 1.54) is 5.56 Å². The van der Waals surface area contributed by atoms with Gasteiger partial charge in [-0.25, -0.2) is 0 Å². The number of nitrogens with zero attached hydrogens (tertiary/aromatic N) is 1. The lowest BCUT2D eigenvalue weighted by molar-refractivity contribution is 0.0425. The van der Waals surface area contributed by atoms with Crippen LogP contribution in [-0.4, -0.2) is 43.7 Å². The summed E-state index contributed by atoms with van der Waals surface area (Å²) in [7, 11) is 0. The van der Waals surface area contributed by atoms with E-state index in [1.807, 2.05) is 49.1 Å². The zero-order chi connectivity index (χ0) is 20.5. The molecule has 0 bridgehead atoms. The molecular formula is C24H31NO4. The molecule has 5 nitrogen and oxygen atoms in total. The first-order chi connectivity index (χ1) is 14.2.